The summed E-state index contributed by atoms with van der Waals surface area (Å²) in [6.45, 7) is 0. The Morgan fingerprint density at radius 3 is 1.42 bits per heavy atom. The van der Waals surface area contributed by atoms with Gasteiger partial charge in [-0.3, -0.25) is 0 Å². The molecule has 0 radical (unpaired) electrons. The Kier molecular flexibility index (Phi) is 4.56. The van der Waals surface area contributed by atoms with Crippen LogP contribution in [0.15, 0.2) is 94.7 Å². The summed E-state index contributed by atoms with van der Waals surface area (Å²) >= 11 is 8.90. The topological polar surface area (TPSA) is 0 Å². The fraction of sp³-hybridized carbons (Fsp3) is 0. The van der Waals surface area contributed by atoms with E-state index in [1.54, 1.807) is 23.5 Å². The minimum atomic E-state index is 0.917. The zero-order valence-electron chi connectivity index (χ0n) is 12.8. The van der Waals surface area contributed by atoms with E-state index >= 15 is 0 Å². The third-order valence-electron chi connectivity index (χ3n) is 3.84. The van der Waals surface area contributed by atoms with Crippen molar-refractivity contribution < 1.29 is 0 Å². The van der Waals surface area contributed by atoms with Gasteiger partial charge in [-0.15, -0.1) is 0 Å². The van der Waals surface area contributed by atoms with Gasteiger partial charge in [-0.25, -0.2) is 0 Å². The van der Waals surface area contributed by atoms with Crippen molar-refractivity contribution >= 4 is 60.8 Å². The third kappa shape index (κ3) is 3.48. The predicted octanol–water partition coefficient (Wildman–Crippen LogP) is 7.16. The number of thioether (sulfide) groups is 2. The van der Waals surface area contributed by atoms with Crippen LogP contribution in [0.4, 0.5) is 0 Å². The van der Waals surface area contributed by atoms with Gasteiger partial charge in [-0.2, -0.15) is 0 Å². The fourth-order valence-corrected chi connectivity index (χ4v) is 5.03. The number of hydrogen-bond acceptors (Lipinski definition) is 3. The molecule has 4 aromatic carbocycles. The van der Waals surface area contributed by atoms with Crippen molar-refractivity contribution in [2.24, 2.45) is 0 Å². The molecule has 0 aliphatic rings. The summed E-state index contributed by atoms with van der Waals surface area (Å²) in [6.07, 6.45) is 0. The molecule has 4 aromatic rings. The maximum atomic E-state index is 5.59. The molecule has 0 atom stereocenters. The molecule has 0 bridgehead atoms. The van der Waals surface area contributed by atoms with Crippen molar-refractivity contribution in [2.75, 3.05) is 0 Å². The van der Waals surface area contributed by atoms with E-state index in [2.05, 4.69) is 84.9 Å². The lowest BCUT2D eigenvalue weighted by molar-refractivity contribution is 1.52. The molecule has 24 heavy (non-hydrogen) atoms. The molecule has 0 saturated heterocycles. The lowest BCUT2D eigenvalue weighted by Gasteiger charge is -2.06. The monoisotopic (exact) mass is 362 g/mol. The number of fused-ring (bicyclic) bond motifs is 2. The van der Waals surface area contributed by atoms with Gasteiger partial charge in [0.1, 0.15) is 3.53 Å². The lowest BCUT2D eigenvalue weighted by atomic mass is 10.1. The minimum absolute atomic E-state index is 0.917. The van der Waals surface area contributed by atoms with Crippen LogP contribution in [-0.2, 0) is 0 Å². The van der Waals surface area contributed by atoms with Crippen molar-refractivity contribution in [1.29, 1.82) is 0 Å². The average Bonchev–Trinajstić information content (AvgIpc) is 2.61. The van der Waals surface area contributed by atoms with E-state index in [1.165, 1.54) is 31.3 Å². The smallest absolute Gasteiger partial charge is 0.0711 e. The highest BCUT2D eigenvalue weighted by Crippen LogP contribution is 2.33. The second kappa shape index (κ2) is 6.98. The molecule has 0 heterocycles. The van der Waals surface area contributed by atoms with Crippen LogP contribution in [0.25, 0.3) is 21.5 Å². The first-order valence-electron chi connectivity index (χ1n) is 7.65. The first kappa shape index (κ1) is 15.7. The highest BCUT2D eigenvalue weighted by atomic mass is 32.2. The summed E-state index contributed by atoms with van der Waals surface area (Å²) < 4.78 is 0.917. The van der Waals surface area contributed by atoms with Crippen LogP contribution in [0.1, 0.15) is 0 Å². The van der Waals surface area contributed by atoms with Crippen LogP contribution < -0.4 is 0 Å². The second-order valence-corrected chi connectivity index (χ2v) is 8.82. The average molecular weight is 363 g/mol. The third-order valence-corrected chi connectivity index (χ3v) is 6.16. The van der Waals surface area contributed by atoms with Crippen LogP contribution in [0, 0.1) is 0 Å². The lowest BCUT2D eigenvalue weighted by Crippen LogP contribution is -1.83. The zero-order valence-corrected chi connectivity index (χ0v) is 15.3. The summed E-state index contributed by atoms with van der Waals surface area (Å²) in [5, 5.41) is 5.02. The molecular weight excluding hydrogens is 348 g/mol. The molecule has 0 amide bonds. The molecule has 0 fully saturated rings. The largest absolute Gasteiger partial charge is 0.113 e. The SMILES string of the molecule is S=C(Sc1ccc2ccccc2c1)Sc1ccc2ccccc2c1. The van der Waals surface area contributed by atoms with Crippen LogP contribution in [0.2, 0.25) is 0 Å². The van der Waals surface area contributed by atoms with Crippen LogP contribution >= 0.6 is 35.7 Å². The Balaban J connectivity index is 1.52. The Morgan fingerprint density at radius 1 is 0.542 bits per heavy atom. The summed E-state index contributed by atoms with van der Waals surface area (Å²) in [5.41, 5.74) is 0. The van der Waals surface area contributed by atoms with Crippen molar-refractivity contribution in [2.45, 2.75) is 9.79 Å². The Labute approximate surface area is 155 Å². The van der Waals surface area contributed by atoms with Gasteiger partial charge in [0, 0.05) is 9.79 Å². The van der Waals surface area contributed by atoms with Crippen molar-refractivity contribution in [3.63, 3.8) is 0 Å². The zero-order chi connectivity index (χ0) is 16.4. The van der Waals surface area contributed by atoms with Crippen molar-refractivity contribution in [1.82, 2.24) is 0 Å². The van der Waals surface area contributed by atoms with Gasteiger partial charge >= 0.3 is 0 Å². The van der Waals surface area contributed by atoms with Gasteiger partial charge in [0.25, 0.3) is 0 Å². The van der Waals surface area contributed by atoms with E-state index in [0.717, 1.165) is 3.53 Å². The minimum Gasteiger partial charge on any atom is -0.0711 e. The molecular formula is C21H14S3. The molecule has 0 saturated carbocycles. The Bertz CT molecular complexity index is 954. The number of benzene rings is 4. The van der Waals surface area contributed by atoms with Gasteiger partial charge in [0.05, 0.1) is 0 Å². The van der Waals surface area contributed by atoms with Gasteiger partial charge in [0.2, 0.25) is 0 Å². The number of hydrogen-bond donors (Lipinski definition) is 0. The van der Waals surface area contributed by atoms with Crippen LogP contribution in [-0.4, -0.2) is 3.53 Å². The molecule has 0 N–H and O–H groups in total. The Hall–Kier alpha value is -1.81. The summed E-state index contributed by atoms with van der Waals surface area (Å²) in [6, 6.07) is 29.8. The van der Waals surface area contributed by atoms with Crippen LogP contribution in [0.3, 0.4) is 0 Å². The molecule has 0 unspecified atom stereocenters. The molecule has 4 rings (SSSR count). The van der Waals surface area contributed by atoms with E-state index < -0.39 is 0 Å². The maximum Gasteiger partial charge on any atom is 0.113 e. The van der Waals surface area contributed by atoms with E-state index in [-0.39, 0.29) is 0 Å². The van der Waals surface area contributed by atoms with E-state index in [0.29, 0.717) is 0 Å². The van der Waals surface area contributed by atoms with Crippen LogP contribution in [0.5, 0.6) is 0 Å². The second-order valence-electron chi connectivity index (χ2n) is 5.47. The molecule has 0 aromatic heterocycles. The molecule has 0 nitrogen and oxygen atoms in total. The summed E-state index contributed by atoms with van der Waals surface area (Å²) in [7, 11) is 0. The maximum absolute atomic E-state index is 5.59. The van der Waals surface area contributed by atoms with Gasteiger partial charge in [-0.1, -0.05) is 96.4 Å². The first-order valence-corrected chi connectivity index (χ1v) is 9.69. The fourth-order valence-electron chi connectivity index (χ4n) is 2.68. The Morgan fingerprint density at radius 2 is 0.958 bits per heavy atom. The van der Waals surface area contributed by atoms with E-state index in [9.17, 15) is 0 Å². The predicted molar refractivity (Wildman–Crippen MR) is 112 cm³/mol. The number of rotatable bonds is 2. The molecule has 0 spiro atoms. The molecule has 3 heteroatoms. The normalized spacial score (nSPS) is 11.0. The summed E-state index contributed by atoms with van der Waals surface area (Å²) in [4.78, 5) is 2.37. The highest BCUT2D eigenvalue weighted by molar-refractivity contribution is 8.47. The molecule has 0 aliphatic carbocycles. The van der Waals surface area contributed by atoms with Gasteiger partial charge in [-0.05, 0) is 45.8 Å². The van der Waals surface area contributed by atoms with Crippen molar-refractivity contribution in [3.8, 4) is 0 Å². The van der Waals surface area contributed by atoms with Gasteiger partial charge in [0.15, 0.2) is 0 Å². The van der Waals surface area contributed by atoms with Crippen molar-refractivity contribution in [3.05, 3.63) is 84.9 Å². The van der Waals surface area contributed by atoms with Gasteiger partial charge < -0.3 is 0 Å². The quantitative estimate of drug-likeness (QED) is 0.274. The standard InChI is InChI=1S/C21H14S3/c22-21(23-19-11-9-15-5-1-3-7-17(15)13-19)24-20-12-10-16-6-2-4-8-18(16)14-20/h1-14H. The van der Waals surface area contributed by atoms with E-state index in [1.807, 2.05) is 0 Å². The first-order chi connectivity index (χ1) is 11.8. The van der Waals surface area contributed by atoms with E-state index in [4.69, 9.17) is 12.2 Å². The number of thiocarbonyl (C=S) groups is 1. The summed E-state index contributed by atoms with van der Waals surface area (Å²) in [5.74, 6) is 0. The highest BCUT2D eigenvalue weighted by Gasteiger charge is 2.05. The molecule has 116 valence electrons. The molecule has 0 aliphatic heterocycles.